The molecule has 0 aromatic rings. The Labute approximate surface area is 107 Å². The van der Waals surface area contributed by atoms with E-state index in [9.17, 15) is 0 Å². The van der Waals surface area contributed by atoms with Crippen molar-refractivity contribution < 1.29 is 0 Å². The van der Waals surface area contributed by atoms with E-state index < -0.39 is 0 Å². The van der Waals surface area contributed by atoms with Gasteiger partial charge in [0, 0.05) is 5.70 Å². The van der Waals surface area contributed by atoms with Crippen molar-refractivity contribution in [2.45, 2.75) is 72.1 Å². The molecule has 0 saturated carbocycles. The number of terminal acetylenes is 1. The van der Waals surface area contributed by atoms with Gasteiger partial charge in [-0.15, -0.1) is 6.42 Å². The third kappa shape index (κ3) is 11.2. The molecule has 0 rings (SSSR count). The minimum absolute atomic E-state index is 0.762. The zero-order valence-corrected chi connectivity index (χ0v) is 11.8. The quantitative estimate of drug-likeness (QED) is 0.297. The van der Waals surface area contributed by atoms with Crippen LogP contribution in [-0.4, -0.2) is 5.71 Å². The highest BCUT2D eigenvalue weighted by atomic mass is 14.7. The zero-order valence-electron chi connectivity index (χ0n) is 11.8. The minimum atomic E-state index is 0.762. The molecule has 0 unspecified atom stereocenters. The van der Waals surface area contributed by atoms with E-state index in [-0.39, 0.29) is 0 Å². The third-order valence-electron chi connectivity index (χ3n) is 2.80. The van der Waals surface area contributed by atoms with Gasteiger partial charge in [-0.1, -0.05) is 57.4 Å². The molecule has 0 aliphatic heterocycles. The Morgan fingerprint density at radius 1 is 1.06 bits per heavy atom. The molecule has 0 aromatic heterocycles. The summed E-state index contributed by atoms with van der Waals surface area (Å²) in [5.41, 5.74) is 1.81. The summed E-state index contributed by atoms with van der Waals surface area (Å²) in [4.78, 5) is 4.30. The van der Waals surface area contributed by atoms with E-state index in [4.69, 9.17) is 6.42 Å². The highest BCUT2D eigenvalue weighted by Gasteiger charge is 1.91. The molecule has 1 heteroatoms. The maximum atomic E-state index is 5.25. The van der Waals surface area contributed by atoms with Gasteiger partial charge in [0.25, 0.3) is 0 Å². The van der Waals surface area contributed by atoms with Gasteiger partial charge < -0.3 is 0 Å². The number of aliphatic imine (C=N–C) groups is 1. The van der Waals surface area contributed by atoms with Gasteiger partial charge in [0.1, 0.15) is 0 Å². The second-order valence-electron chi connectivity index (χ2n) is 4.60. The van der Waals surface area contributed by atoms with Crippen LogP contribution >= 0.6 is 0 Å². The second kappa shape index (κ2) is 11.5. The van der Waals surface area contributed by atoms with Crippen LogP contribution in [0.2, 0.25) is 0 Å². The first-order valence-corrected chi connectivity index (χ1v) is 6.89. The normalized spacial score (nSPS) is 12.6. The highest BCUT2D eigenvalue weighted by Crippen LogP contribution is 2.09. The first kappa shape index (κ1) is 16.0. The summed E-state index contributed by atoms with van der Waals surface area (Å²) in [7, 11) is 0. The summed E-state index contributed by atoms with van der Waals surface area (Å²) in [5, 5.41) is 0. The Balaban J connectivity index is 3.50. The number of allylic oxidation sites excluding steroid dienone is 2. The first-order valence-electron chi connectivity index (χ1n) is 6.89. The average molecular weight is 233 g/mol. The molecule has 0 N–H and O–H groups in total. The Morgan fingerprint density at radius 3 is 2.24 bits per heavy atom. The van der Waals surface area contributed by atoms with Crippen molar-refractivity contribution in [3.05, 3.63) is 11.8 Å². The molecule has 0 aromatic carbocycles. The molecule has 0 heterocycles. The Hall–Kier alpha value is -1.03. The van der Waals surface area contributed by atoms with Crippen molar-refractivity contribution in [2.75, 3.05) is 0 Å². The van der Waals surface area contributed by atoms with Crippen LogP contribution in [0.4, 0.5) is 0 Å². The predicted octanol–water partition coefficient (Wildman–Crippen LogP) is 5.13. The van der Waals surface area contributed by atoms with Crippen LogP contribution in [0.3, 0.4) is 0 Å². The molecule has 0 bridgehead atoms. The van der Waals surface area contributed by atoms with Gasteiger partial charge in [0.05, 0.1) is 5.71 Å². The SMILES string of the molecule is C#CC(C)=N/C(C)=C\CCCCCCCCC. The molecule has 0 spiro atoms. The lowest BCUT2D eigenvalue weighted by Gasteiger charge is -1.99. The monoisotopic (exact) mass is 233 g/mol. The van der Waals surface area contributed by atoms with Crippen LogP contribution in [0.1, 0.15) is 72.1 Å². The fourth-order valence-electron chi connectivity index (χ4n) is 1.75. The van der Waals surface area contributed by atoms with Gasteiger partial charge in [-0.05, 0) is 26.7 Å². The molecule has 96 valence electrons. The largest absolute Gasteiger partial charge is 0.250 e. The molecular formula is C16H27N. The van der Waals surface area contributed by atoms with Crippen LogP contribution in [-0.2, 0) is 0 Å². The standard InChI is InChI=1S/C16H27N/c1-5-7-8-9-10-11-12-13-14-16(4)17-15(3)6-2/h2,14H,5,7-13H2,1,3-4H3/b16-14-,17-15?. The molecule has 0 radical (unpaired) electrons. The fourth-order valence-corrected chi connectivity index (χ4v) is 1.75. The summed E-state index contributed by atoms with van der Waals surface area (Å²) >= 11 is 0. The maximum absolute atomic E-state index is 5.25. The van der Waals surface area contributed by atoms with Crippen molar-refractivity contribution in [1.29, 1.82) is 0 Å². The summed E-state index contributed by atoms with van der Waals surface area (Å²) in [6, 6.07) is 0. The van der Waals surface area contributed by atoms with E-state index >= 15 is 0 Å². The van der Waals surface area contributed by atoms with Crippen LogP contribution in [0.5, 0.6) is 0 Å². The minimum Gasteiger partial charge on any atom is -0.250 e. The van der Waals surface area contributed by atoms with Gasteiger partial charge in [-0.2, -0.15) is 0 Å². The summed E-state index contributed by atoms with van der Waals surface area (Å²) in [6.07, 6.45) is 18.1. The van der Waals surface area contributed by atoms with Crippen molar-refractivity contribution in [1.82, 2.24) is 0 Å². The van der Waals surface area contributed by atoms with E-state index in [1.807, 2.05) is 13.8 Å². The van der Waals surface area contributed by atoms with Crippen LogP contribution < -0.4 is 0 Å². The second-order valence-corrected chi connectivity index (χ2v) is 4.60. The smallest absolute Gasteiger partial charge is 0.0868 e. The van der Waals surface area contributed by atoms with E-state index in [1.54, 1.807) is 0 Å². The van der Waals surface area contributed by atoms with Gasteiger partial charge >= 0.3 is 0 Å². The molecular weight excluding hydrogens is 206 g/mol. The zero-order chi connectivity index (χ0) is 12.9. The number of rotatable bonds is 9. The average Bonchev–Trinajstić information content (AvgIpc) is 2.32. The fraction of sp³-hybridized carbons (Fsp3) is 0.688. The highest BCUT2D eigenvalue weighted by molar-refractivity contribution is 5.98. The summed E-state index contributed by atoms with van der Waals surface area (Å²) < 4.78 is 0. The molecule has 0 fully saturated rings. The van der Waals surface area contributed by atoms with E-state index in [1.165, 1.54) is 44.9 Å². The van der Waals surface area contributed by atoms with E-state index in [0.29, 0.717) is 0 Å². The van der Waals surface area contributed by atoms with Crippen LogP contribution in [0.25, 0.3) is 0 Å². The lowest BCUT2D eigenvalue weighted by atomic mass is 10.1. The van der Waals surface area contributed by atoms with Gasteiger partial charge in [0.15, 0.2) is 0 Å². The number of nitrogens with zero attached hydrogens (tertiary/aromatic N) is 1. The van der Waals surface area contributed by atoms with E-state index in [2.05, 4.69) is 23.9 Å². The number of hydrogen-bond donors (Lipinski definition) is 0. The maximum Gasteiger partial charge on any atom is 0.0868 e. The van der Waals surface area contributed by atoms with E-state index in [0.717, 1.165) is 17.8 Å². The first-order chi connectivity index (χ1) is 8.20. The van der Waals surface area contributed by atoms with Crippen LogP contribution in [0.15, 0.2) is 16.8 Å². The van der Waals surface area contributed by atoms with Crippen molar-refractivity contribution in [3.63, 3.8) is 0 Å². The third-order valence-corrected chi connectivity index (χ3v) is 2.80. The molecule has 1 nitrogen and oxygen atoms in total. The molecule has 17 heavy (non-hydrogen) atoms. The Bertz CT molecular complexity index is 278. The van der Waals surface area contributed by atoms with Gasteiger partial charge in [-0.3, -0.25) is 0 Å². The summed E-state index contributed by atoms with van der Waals surface area (Å²) in [5.74, 6) is 2.54. The molecule has 0 aliphatic rings. The van der Waals surface area contributed by atoms with Crippen LogP contribution in [0, 0.1) is 12.3 Å². The lowest BCUT2D eigenvalue weighted by Crippen LogP contribution is -1.85. The Kier molecular flexibility index (Phi) is 10.8. The van der Waals surface area contributed by atoms with Crippen molar-refractivity contribution in [2.24, 2.45) is 4.99 Å². The van der Waals surface area contributed by atoms with Crippen molar-refractivity contribution in [3.8, 4) is 12.3 Å². The Morgan fingerprint density at radius 2 is 1.65 bits per heavy atom. The molecule has 0 aliphatic carbocycles. The number of unbranched alkanes of at least 4 members (excludes halogenated alkanes) is 7. The van der Waals surface area contributed by atoms with Gasteiger partial charge in [-0.25, -0.2) is 4.99 Å². The molecule has 0 amide bonds. The number of hydrogen-bond acceptors (Lipinski definition) is 1. The predicted molar refractivity (Wildman–Crippen MR) is 78.3 cm³/mol. The topological polar surface area (TPSA) is 12.4 Å². The lowest BCUT2D eigenvalue weighted by molar-refractivity contribution is 0.591. The summed E-state index contributed by atoms with van der Waals surface area (Å²) in [6.45, 7) is 6.14. The van der Waals surface area contributed by atoms with Crippen molar-refractivity contribution >= 4 is 5.71 Å². The molecule has 0 atom stereocenters. The van der Waals surface area contributed by atoms with Gasteiger partial charge in [0.2, 0.25) is 0 Å². The molecule has 0 saturated heterocycles.